The van der Waals surface area contributed by atoms with Gasteiger partial charge in [-0.1, -0.05) is 37.3 Å². The van der Waals surface area contributed by atoms with Gasteiger partial charge in [-0.3, -0.25) is 9.59 Å². The van der Waals surface area contributed by atoms with Crippen LogP contribution in [0.15, 0.2) is 30.3 Å². The Kier molecular flexibility index (Phi) is 5.74. The summed E-state index contributed by atoms with van der Waals surface area (Å²) in [5.41, 5.74) is 8.33. The zero-order chi connectivity index (χ0) is 18.7. The normalized spacial score (nSPS) is 17.4. The van der Waals surface area contributed by atoms with Crippen LogP contribution in [0.4, 0.5) is 5.00 Å². The number of hydrogen-bond donors (Lipinski definition) is 3. The van der Waals surface area contributed by atoms with Crippen LogP contribution in [0.25, 0.3) is 0 Å². The summed E-state index contributed by atoms with van der Waals surface area (Å²) in [6.07, 6.45) is 2.87. The Hall–Kier alpha value is -2.18. The molecule has 0 bridgehead atoms. The molecule has 0 unspecified atom stereocenters. The molecule has 1 aliphatic carbocycles. The van der Waals surface area contributed by atoms with Gasteiger partial charge in [0.2, 0.25) is 0 Å². The van der Waals surface area contributed by atoms with E-state index in [1.807, 2.05) is 23.5 Å². The molecule has 0 saturated heterocycles. The van der Waals surface area contributed by atoms with Gasteiger partial charge < -0.3 is 16.4 Å². The van der Waals surface area contributed by atoms with Crippen molar-refractivity contribution in [3.05, 3.63) is 51.9 Å². The monoisotopic (exact) mass is 372 g/mol. The molecule has 138 valence electrons. The highest BCUT2D eigenvalue weighted by molar-refractivity contribution is 7.17. The zero-order valence-electron chi connectivity index (χ0n) is 15.2. The summed E-state index contributed by atoms with van der Waals surface area (Å²) < 4.78 is 0. The lowest BCUT2D eigenvalue weighted by Gasteiger charge is -2.18. The van der Waals surface area contributed by atoms with E-state index in [9.17, 15) is 9.59 Å². The molecule has 1 aromatic carbocycles. The van der Waals surface area contributed by atoms with Gasteiger partial charge >= 0.3 is 0 Å². The van der Waals surface area contributed by atoms with E-state index in [0.717, 1.165) is 24.8 Å². The maximum absolute atomic E-state index is 12.4. The fourth-order valence-corrected chi connectivity index (χ4v) is 4.89. The maximum Gasteiger partial charge on any atom is 0.280 e. The van der Waals surface area contributed by atoms with E-state index in [2.05, 4.69) is 31.3 Å². The SMILES string of the molecule is C[C@H]1CCc2c(sc(NC(=O)C[NH2+][C@@H](C)c3ccccc3)c2C(N)=O)C1. The van der Waals surface area contributed by atoms with Gasteiger partial charge in [-0.25, -0.2) is 0 Å². The second-order valence-corrected chi connectivity index (χ2v) is 8.21. The Morgan fingerprint density at radius 2 is 2.08 bits per heavy atom. The maximum atomic E-state index is 12.4. The largest absolute Gasteiger partial charge is 0.365 e. The fourth-order valence-electron chi connectivity index (χ4n) is 3.45. The van der Waals surface area contributed by atoms with Crippen molar-refractivity contribution in [3.8, 4) is 0 Å². The van der Waals surface area contributed by atoms with Gasteiger partial charge in [0.05, 0.1) is 5.56 Å². The number of thiophene rings is 1. The number of fused-ring (bicyclic) bond motifs is 1. The van der Waals surface area contributed by atoms with E-state index in [4.69, 9.17) is 5.73 Å². The van der Waals surface area contributed by atoms with E-state index in [1.54, 1.807) is 0 Å². The number of benzene rings is 1. The van der Waals surface area contributed by atoms with Crippen molar-refractivity contribution in [1.82, 2.24) is 0 Å². The van der Waals surface area contributed by atoms with E-state index < -0.39 is 5.91 Å². The van der Waals surface area contributed by atoms with Crippen molar-refractivity contribution in [2.45, 2.75) is 39.2 Å². The lowest BCUT2D eigenvalue weighted by Crippen LogP contribution is -2.86. The quantitative estimate of drug-likeness (QED) is 0.726. The third kappa shape index (κ3) is 4.14. The average molecular weight is 373 g/mol. The highest BCUT2D eigenvalue weighted by atomic mass is 32.1. The molecule has 0 aliphatic heterocycles. The fraction of sp³-hybridized carbons (Fsp3) is 0.400. The van der Waals surface area contributed by atoms with Crippen LogP contribution in [0.5, 0.6) is 0 Å². The number of amides is 2. The summed E-state index contributed by atoms with van der Waals surface area (Å²) in [4.78, 5) is 25.5. The number of hydrogen-bond acceptors (Lipinski definition) is 3. The smallest absolute Gasteiger partial charge is 0.280 e. The van der Waals surface area contributed by atoms with Gasteiger partial charge in [0.25, 0.3) is 11.8 Å². The number of nitrogens with one attached hydrogen (secondary N) is 1. The molecule has 0 fully saturated rings. The van der Waals surface area contributed by atoms with Crippen molar-refractivity contribution in [1.29, 1.82) is 0 Å². The highest BCUT2D eigenvalue weighted by Gasteiger charge is 2.27. The second kappa shape index (κ2) is 8.01. The van der Waals surface area contributed by atoms with Gasteiger partial charge in [-0.05, 0) is 37.7 Å². The van der Waals surface area contributed by atoms with E-state index in [1.165, 1.54) is 21.8 Å². The molecule has 2 aromatic rings. The first-order valence-electron chi connectivity index (χ1n) is 9.08. The van der Waals surface area contributed by atoms with Crippen LogP contribution >= 0.6 is 11.3 Å². The first kappa shape index (κ1) is 18.6. The van der Waals surface area contributed by atoms with Crippen LogP contribution in [0.1, 0.15) is 52.7 Å². The van der Waals surface area contributed by atoms with Gasteiger partial charge in [-0.15, -0.1) is 11.3 Å². The van der Waals surface area contributed by atoms with Crippen LogP contribution in [-0.4, -0.2) is 18.4 Å². The standard InChI is InChI=1S/C20H25N3O2S/c1-12-8-9-15-16(10-12)26-20(18(15)19(21)25)23-17(24)11-22-13(2)14-6-4-3-5-7-14/h3-7,12-13,22H,8-11H2,1-2H3,(H2,21,25)(H,23,24)/p+1/t12-,13-/m0/s1. The molecule has 26 heavy (non-hydrogen) atoms. The second-order valence-electron chi connectivity index (χ2n) is 7.11. The lowest BCUT2D eigenvalue weighted by molar-refractivity contribution is -0.682. The first-order valence-corrected chi connectivity index (χ1v) is 9.89. The minimum absolute atomic E-state index is 0.109. The molecule has 2 atom stereocenters. The molecular weight excluding hydrogens is 346 g/mol. The summed E-state index contributed by atoms with van der Waals surface area (Å²) in [5, 5.41) is 5.52. The summed E-state index contributed by atoms with van der Waals surface area (Å²) in [6, 6.07) is 10.3. The van der Waals surface area contributed by atoms with Gasteiger partial charge in [0.1, 0.15) is 11.0 Å². The number of carbonyl (C=O) groups excluding carboxylic acids is 2. The molecule has 2 amide bonds. The third-order valence-electron chi connectivity index (χ3n) is 4.99. The molecule has 0 saturated carbocycles. The summed E-state index contributed by atoms with van der Waals surface area (Å²) in [6.45, 7) is 4.58. The molecule has 0 radical (unpaired) electrons. The molecule has 1 heterocycles. The predicted molar refractivity (Wildman–Crippen MR) is 104 cm³/mol. The zero-order valence-corrected chi connectivity index (χ0v) is 16.1. The Labute approximate surface area is 158 Å². The van der Waals surface area contributed by atoms with Gasteiger partial charge in [0.15, 0.2) is 6.54 Å². The number of quaternary nitrogens is 1. The predicted octanol–water partition coefficient (Wildman–Crippen LogP) is 2.23. The lowest BCUT2D eigenvalue weighted by atomic mass is 9.88. The number of rotatable bonds is 6. The number of primary amides is 1. The van der Waals surface area contributed by atoms with Crippen molar-refractivity contribution < 1.29 is 14.9 Å². The molecule has 5 N–H and O–H groups in total. The van der Waals surface area contributed by atoms with Crippen LogP contribution in [0.2, 0.25) is 0 Å². The van der Waals surface area contributed by atoms with Crippen molar-refractivity contribution in [2.24, 2.45) is 11.7 Å². The first-order chi connectivity index (χ1) is 12.5. The minimum Gasteiger partial charge on any atom is -0.365 e. The van der Waals surface area contributed by atoms with Crippen molar-refractivity contribution in [3.63, 3.8) is 0 Å². The molecule has 1 aliphatic rings. The van der Waals surface area contributed by atoms with E-state index in [0.29, 0.717) is 23.0 Å². The van der Waals surface area contributed by atoms with Gasteiger partial charge in [0, 0.05) is 10.4 Å². The minimum atomic E-state index is -0.450. The Morgan fingerprint density at radius 1 is 1.35 bits per heavy atom. The summed E-state index contributed by atoms with van der Waals surface area (Å²) in [7, 11) is 0. The van der Waals surface area contributed by atoms with Crippen LogP contribution < -0.4 is 16.4 Å². The molecule has 3 rings (SSSR count). The Morgan fingerprint density at radius 3 is 2.77 bits per heavy atom. The van der Waals surface area contributed by atoms with Gasteiger partial charge in [-0.2, -0.15) is 0 Å². The summed E-state index contributed by atoms with van der Waals surface area (Å²) in [5.74, 6) is 0.0430. The number of anilines is 1. The molecular formula is C20H26N3O2S+. The highest BCUT2D eigenvalue weighted by Crippen LogP contribution is 2.39. The van der Waals surface area contributed by atoms with Crippen molar-refractivity contribution >= 4 is 28.2 Å². The number of carbonyl (C=O) groups is 2. The molecule has 0 spiro atoms. The van der Waals surface area contributed by atoms with Crippen LogP contribution in [-0.2, 0) is 17.6 Å². The topological polar surface area (TPSA) is 88.8 Å². The van der Waals surface area contributed by atoms with Crippen LogP contribution in [0.3, 0.4) is 0 Å². The molecule has 5 nitrogen and oxygen atoms in total. The van der Waals surface area contributed by atoms with Crippen molar-refractivity contribution in [2.75, 3.05) is 11.9 Å². The molecule has 6 heteroatoms. The number of nitrogens with two attached hydrogens (primary N) is 2. The van der Waals surface area contributed by atoms with E-state index >= 15 is 0 Å². The Bertz CT molecular complexity index is 801. The molecule has 1 aromatic heterocycles. The Balaban J connectivity index is 1.67. The van der Waals surface area contributed by atoms with E-state index in [-0.39, 0.29) is 11.9 Å². The summed E-state index contributed by atoms with van der Waals surface area (Å²) >= 11 is 1.51. The third-order valence-corrected chi connectivity index (χ3v) is 6.16. The average Bonchev–Trinajstić information content (AvgIpc) is 2.97. The van der Waals surface area contributed by atoms with Crippen LogP contribution in [0, 0.1) is 5.92 Å².